The lowest BCUT2D eigenvalue weighted by atomic mass is 10.0. The monoisotopic (exact) mass is 348 g/mol. The van der Waals surface area contributed by atoms with Crippen molar-refractivity contribution in [2.24, 2.45) is 0 Å². The first-order valence-corrected chi connectivity index (χ1v) is 6.96. The second-order valence-corrected chi connectivity index (χ2v) is 5.99. The molecular weight excluding hydrogens is 342 g/mol. The second-order valence-electron chi connectivity index (χ2n) is 3.54. The van der Waals surface area contributed by atoms with Crippen LogP contribution in [0.15, 0.2) is 46.9 Å². The molecule has 0 atom stereocenters. The first-order chi connectivity index (χ1) is 8.08. The van der Waals surface area contributed by atoms with Crippen molar-refractivity contribution >= 4 is 50.7 Å². The summed E-state index contributed by atoms with van der Waals surface area (Å²) in [6.45, 7) is 0. The number of hydrogen-bond acceptors (Lipinski definition) is 0. The molecule has 0 fully saturated rings. The molecule has 0 amide bonds. The molecule has 0 bridgehead atoms. The molecule has 4 heteroatoms. The predicted molar refractivity (Wildman–Crippen MR) is 79.0 cm³/mol. The van der Waals surface area contributed by atoms with Crippen LogP contribution in [0.5, 0.6) is 0 Å². The van der Waals surface area contributed by atoms with E-state index in [2.05, 4.69) is 15.9 Å². The van der Waals surface area contributed by atoms with Gasteiger partial charge in [-0.15, -0.1) is 23.2 Å². The molecule has 2 aromatic carbocycles. The van der Waals surface area contributed by atoms with Gasteiger partial charge in [-0.2, -0.15) is 0 Å². The van der Waals surface area contributed by atoms with Crippen LogP contribution in [0.3, 0.4) is 0 Å². The van der Waals surface area contributed by atoms with Gasteiger partial charge in [0.15, 0.2) is 0 Å². The Hall–Kier alpha value is -0.210. The van der Waals surface area contributed by atoms with E-state index in [4.69, 9.17) is 34.8 Å². The number of rotatable bonds is 2. The first kappa shape index (κ1) is 13.2. The van der Waals surface area contributed by atoms with E-state index >= 15 is 0 Å². The van der Waals surface area contributed by atoms with Crippen molar-refractivity contribution in [1.29, 1.82) is 0 Å². The Bertz CT molecular complexity index is 538. The van der Waals surface area contributed by atoms with Crippen molar-refractivity contribution in [3.63, 3.8) is 0 Å². The number of benzene rings is 2. The van der Waals surface area contributed by atoms with Gasteiger partial charge in [0.2, 0.25) is 0 Å². The van der Waals surface area contributed by atoms with Crippen LogP contribution in [-0.2, 0) is 0 Å². The lowest BCUT2D eigenvalue weighted by Gasteiger charge is -2.11. The Morgan fingerprint density at radius 1 is 1.00 bits per heavy atom. The van der Waals surface area contributed by atoms with Crippen molar-refractivity contribution in [3.05, 3.63) is 57.5 Å². The molecule has 0 unspecified atom stereocenters. The van der Waals surface area contributed by atoms with Crippen molar-refractivity contribution in [3.8, 4) is 11.1 Å². The molecule has 2 aromatic rings. The number of alkyl halides is 2. The third-order valence-electron chi connectivity index (χ3n) is 2.38. The Labute approximate surface area is 124 Å². The molecular formula is C13H8BrCl3. The molecule has 0 aromatic heterocycles. The van der Waals surface area contributed by atoms with Gasteiger partial charge in [-0.25, -0.2) is 0 Å². The summed E-state index contributed by atoms with van der Waals surface area (Å²) in [6, 6.07) is 13.5. The summed E-state index contributed by atoms with van der Waals surface area (Å²) in [5.74, 6) is 0. The van der Waals surface area contributed by atoms with Crippen LogP contribution in [0, 0.1) is 0 Å². The molecule has 0 aliphatic rings. The highest BCUT2D eigenvalue weighted by molar-refractivity contribution is 9.10. The maximum absolute atomic E-state index is 5.98. The van der Waals surface area contributed by atoms with Gasteiger partial charge in [0, 0.05) is 9.50 Å². The standard InChI is InChI=1S/C13H8BrCl3/c14-9-4-5-11(12(7-9)13(16)17)8-2-1-3-10(15)6-8/h1-7,13H. The van der Waals surface area contributed by atoms with Crippen LogP contribution in [0.25, 0.3) is 11.1 Å². The summed E-state index contributed by atoms with van der Waals surface area (Å²) in [6.07, 6.45) is 0. The minimum atomic E-state index is -0.568. The molecule has 0 heterocycles. The third kappa shape index (κ3) is 3.17. The van der Waals surface area contributed by atoms with E-state index in [-0.39, 0.29) is 0 Å². The van der Waals surface area contributed by atoms with Crippen molar-refractivity contribution in [1.82, 2.24) is 0 Å². The van der Waals surface area contributed by atoms with Crippen molar-refractivity contribution < 1.29 is 0 Å². The van der Waals surface area contributed by atoms with Crippen molar-refractivity contribution in [2.75, 3.05) is 0 Å². The lowest BCUT2D eigenvalue weighted by molar-refractivity contribution is 1.34. The lowest BCUT2D eigenvalue weighted by Crippen LogP contribution is -1.89. The molecule has 0 radical (unpaired) electrons. The molecule has 0 aliphatic heterocycles. The van der Waals surface area contributed by atoms with Crippen LogP contribution in [0.4, 0.5) is 0 Å². The van der Waals surface area contributed by atoms with Crippen LogP contribution < -0.4 is 0 Å². The minimum Gasteiger partial charge on any atom is -0.100 e. The molecule has 0 aliphatic carbocycles. The molecule has 2 rings (SSSR count). The van der Waals surface area contributed by atoms with E-state index < -0.39 is 4.84 Å². The molecule has 88 valence electrons. The van der Waals surface area contributed by atoms with Gasteiger partial charge in [-0.05, 0) is 41.0 Å². The molecule has 0 spiro atoms. The van der Waals surface area contributed by atoms with Gasteiger partial charge in [0.25, 0.3) is 0 Å². The summed E-state index contributed by atoms with van der Waals surface area (Å²) in [4.78, 5) is -0.568. The Morgan fingerprint density at radius 2 is 1.76 bits per heavy atom. The van der Waals surface area contributed by atoms with Gasteiger partial charge < -0.3 is 0 Å². The summed E-state index contributed by atoms with van der Waals surface area (Å²) in [7, 11) is 0. The van der Waals surface area contributed by atoms with Gasteiger partial charge in [-0.3, -0.25) is 0 Å². The normalized spacial score (nSPS) is 10.9. The second kappa shape index (κ2) is 5.62. The van der Waals surface area contributed by atoms with Crippen LogP contribution in [-0.4, -0.2) is 0 Å². The molecule has 0 N–H and O–H groups in total. The Morgan fingerprint density at radius 3 is 2.41 bits per heavy atom. The quantitative estimate of drug-likeness (QED) is 0.562. The SMILES string of the molecule is Clc1cccc(-c2ccc(Br)cc2C(Cl)Cl)c1. The average Bonchev–Trinajstić information content (AvgIpc) is 2.28. The van der Waals surface area contributed by atoms with E-state index in [1.165, 1.54) is 0 Å². The maximum Gasteiger partial charge on any atom is 0.133 e. The fraction of sp³-hybridized carbons (Fsp3) is 0.0769. The number of hydrogen-bond donors (Lipinski definition) is 0. The van der Waals surface area contributed by atoms with Gasteiger partial charge in [0.05, 0.1) is 0 Å². The predicted octanol–water partition coefficient (Wildman–Crippen LogP) is 6.25. The fourth-order valence-corrected chi connectivity index (χ4v) is 2.56. The summed E-state index contributed by atoms with van der Waals surface area (Å²) < 4.78 is 0.949. The zero-order chi connectivity index (χ0) is 12.4. The smallest absolute Gasteiger partial charge is 0.100 e. The highest BCUT2D eigenvalue weighted by Crippen LogP contribution is 2.36. The maximum atomic E-state index is 5.98. The fourth-order valence-electron chi connectivity index (χ4n) is 1.63. The first-order valence-electron chi connectivity index (χ1n) is 4.91. The van der Waals surface area contributed by atoms with E-state index in [9.17, 15) is 0 Å². The van der Waals surface area contributed by atoms with E-state index in [0.29, 0.717) is 5.02 Å². The number of halogens is 4. The van der Waals surface area contributed by atoms with Gasteiger partial charge in [0.1, 0.15) is 4.84 Å². The topological polar surface area (TPSA) is 0 Å². The van der Waals surface area contributed by atoms with Crippen molar-refractivity contribution in [2.45, 2.75) is 4.84 Å². The largest absolute Gasteiger partial charge is 0.133 e. The molecule has 0 nitrogen and oxygen atoms in total. The van der Waals surface area contributed by atoms with E-state index in [0.717, 1.165) is 21.2 Å². The summed E-state index contributed by atoms with van der Waals surface area (Å²) in [5, 5.41) is 0.692. The molecule has 0 saturated carbocycles. The zero-order valence-electron chi connectivity index (χ0n) is 8.63. The molecule has 0 saturated heterocycles. The van der Waals surface area contributed by atoms with Gasteiger partial charge in [-0.1, -0.05) is 45.7 Å². The van der Waals surface area contributed by atoms with Crippen LogP contribution in [0.1, 0.15) is 10.4 Å². The molecule has 17 heavy (non-hydrogen) atoms. The highest BCUT2D eigenvalue weighted by Gasteiger charge is 2.12. The Kier molecular flexibility index (Phi) is 4.37. The average molecular weight is 350 g/mol. The highest BCUT2D eigenvalue weighted by atomic mass is 79.9. The van der Waals surface area contributed by atoms with E-state index in [1.54, 1.807) is 0 Å². The minimum absolute atomic E-state index is 0.568. The Balaban J connectivity index is 2.59. The summed E-state index contributed by atoms with van der Waals surface area (Å²) >= 11 is 21.4. The third-order valence-corrected chi connectivity index (χ3v) is 3.58. The van der Waals surface area contributed by atoms with E-state index in [1.807, 2.05) is 42.5 Å². The van der Waals surface area contributed by atoms with Crippen LogP contribution in [0.2, 0.25) is 5.02 Å². The summed E-state index contributed by atoms with van der Waals surface area (Å²) in [5.41, 5.74) is 2.86. The van der Waals surface area contributed by atoms with Crippen LogP contribution >= 0.6 is 50.7 Å². The van der Waals surface area contributed by atoms with Gasteiger partial charge >= 0.3 is 0 Å². The zero-order valence-corrected chi connectivity index (χ0v) is 12.5.